The minimum atomic E-state index is -1.40. The van der Waals surface area contributed by atoms with Gasteiger partial charge in [-0.1, -0.05) is 42.5 Å². The van der Waals surface area contributed by atoms with E-state index in [1.807, 2.05) is 61.5 Å². The summed E-state index contributed by atoms with van der Waals surface area (Å²) in [6, 6.07) is 17.4. The smallest absolute Gasteiger partial charge is 0.341 e. The fourth-order valence-corrected chi connectivity index (χ4v) is 4.38. The SMILES string of the molecule is C[C@H]1COc2c(NCCOc3ccc(-c4ccccc4)cc3)c(F)c(N)c3c(=O)c(C(=O)O)cn1c23. The highest BCUT2D eigenvalue weighted by atomic mass is 19.1. The zero-order valence-electron chi connectivity index (χ0n) is 19.5. The molecule has 0 saturated carbocycles. The van der Waals surface area contributed by atoms with Crippen LogP contribution in [-0.4, -0.2) is 35.4 Å². The number of anilines is 2. The zero-order valence-corrected chi connectivity index (χ0v) is 19.5. The van der Waals surface area contributed by atoms with E-state index in [4.69, 9.17) is 15.2 Å². The minimum Gasteiger partial charge on any atom is -0.492 e. The molecule has 8 nitrogen and oxygen atoms in total. The monoisotopic (exact) mass is 489 g/mol. The Morgan fingerprint density at radius 3 is 2.58 bits per heavy atom. The van der Waals surface area contributed by atoms with E-state index >= 15 is 4.39 Å². The van der Waals surface area contributed by atoms with E-state index in [-0.39, 0.29) is 48.1 Å². The van der Waals surface area contributed by atoms with E-state index in [2.05, 4.69) is 5.32 Å². The van der Waals surface area contributed by atoms with Gasteiger partial charge < -0.3 is 30.2 Å². The number of nitrogens with zero attached hydrogens (tertiary/aromatic N) is 1. The van der Waals surface area contributed by atoms with Gasteiger partial charge in [0.25, 0.3) is 0 Å². The Kier molecular flexibility index (Phi) is 5.97. The number of rotatable bonds is 7. The molecule has 2 heterocycles. The summed E-state index contributed by atoms with van der Waals surface area (Å²) in [5.74, 6) is -1.49. The molecule has 5 rings (SSSR count). The van der Waals surface area contributed by atoms with Crippen LogP contribution >= 0.6 is 0 Å². The Hall–Kier alpha value is -4.53. The number of halogens is 1. The number of carboxylic acids is 1. The van der Waals surface area contributed by atoms with Crippen LogP contribution in [-0.2, 0) is 0 Å². The maximum Gasteiger partial charge on any atom is 0.341 e. The molecule has 1 atom stereocenters. The van der Waals surface area contributed by atoms with Crippen LogP contribution in [0.15, 0.2) is 65.6 Å². The molecule has 4 N–H and O–H groups in total. The molecule has 9 heteroatoms. The van der Waals surface area contributed by atoms with E-state index < -0.39 is 28.5 Å². The number of hydrogen-bond acceptors (Lipinski definition) is 6. The van der Waals surface area contributed by atoms with Crippen molar-refractivity contribution in [2.45, 2.75) is 13.0 Å². The Labute approximate surface area is 205 Å². The third kappa shape index (κ3) is 3.98. The van der Waals surface area contributed by atoms with Gasteiger partial charge in [0.1, 0.15) is 30.2 Å². The number of carboxylic acid groups (broad SMARTS) is 1. The van der Waals surface area contributed by atoms with Crippen LogP contribution in [0.2, 0.25) is 0 Å². The summed E-state index contributed by atoms with van der Waals surface area (Å²) < 4.78 is 28.5. The quantitative estimate of drug-likeness (QED) is 0.258. The Bertz CT molecular complexity index is 1520. The Morgan fingerprint density at radius 1 is 1.19 bits per heavy atom. The van der Waals surface area contributed by atoms with Crippen LogP contribution in [0.1, 0.15) is 23.3 Å². The number of aromatic nitrogens is 1. The van der Waals surface area contributed by atoms with Gasteiger partial charge in [-0.3, -0.25) is 4.79 Å². The lowest BCUT2D eigenvalue weighted by Crippen LogP contribution is -2.28. The molecule has 1 aliphatic rings. The maximum absolute atomic E-state index is 15.3. The number of carbonyl (C=O) groups is 1. The number of nitrogen functional groups attached to an aromatic ring is 1. The van der Waals surface area contributed by atoms with Gasteiger partial charge in [-0.05, 0) is 30.2 Å². The summed E-state index contributed by atoms with van der Waals surface area (Å²) in [5, 5.41) is 12.2. The van der Waals surface area contributed by atoms with Crippen LogP contribution in [0.5, 0.6) is 11.5 Å². The average Bonchev–Trinajstić information content (AvgIpc) is 2.88. The second kappa shape index (κ2) is 9.26. The molecule has 0 amide bonds. The lowest BCUT2D eigenvalue weighted by atomic mass is 10.0. The van der Waals surface area contributed by atoms with Crippen molar-refractivity contribution in [2.24, 2.45) is 0 Å². The second-order valence-corrected chi connectivity index (χ2v) is 8.57. The Morgan fingerprint density at radius 2 is 1.89 bits per heavy atom. The van der Waals surface area contributed by atoms with E-state index in [0.29, 0.717) is 5.75 Å². The van der Waals surface area contributed by atoms with Crippen LogP contribution in [0, 0.1) is 5.82 Å². The van der Waals surface area contributed by atoms with E-state index in [0.717, 1.165) is 11.1 Å². The van der Waals surface area contributed by atoms with Gasteiger partial charge in [0.2, 0.25) is 5.43 Å². The molecule has 4 aromatic rings. The molecule has 0 bridgehead atoms. The maximum atomic E-state index is 15.3. The van der Waals surface area contributed by atoms with Gasteiger partial charge >= 0.3 is 5.97 Å². The van der Waals surface area contributed by atoms with Crippen molar-refractivity contribution in [3.63, 3.8) is 0 Å². The van der Waals surface area contributed by atoms with Crippen LogP contribution in [0.3, 0.4) is 0 Å². The molecule has 36 heavy (non-hydrogen) atoms. The summed E-state index contributed by atoms with van der Waals surface area (Å²) in [6.07, 6.45) is 1.26. The molecule has 3 aromatic carbocycles. The summed E-state index contributed by atoms with van der Waals surface area (Å²) in [6.45, 7) is 2.43. The van der Waals surface area contributed by atoms with Gasteiger partial charge in [0.15, 0.2) is 11.6 Å². The largest absolute Gasteiger partial charge is 0.492 e. The van der Waals surface area contributed by atoms with Crippen LogP contribution in [0.25, 0.3) is 22.0 Å². The molecule has 0 fully saturated rings. The highest BCUT2D eigenvalue weighted by Crippen LogP contribution is 2.43. The first-order valence-electron chi connectivity index (χ1n) is 11.4. The van der Waals surface area contributed by atoms with Crippen LogP contribution in [0.4, 0.5) is 15.8 Å². The van der Waals surface area contributed by atoms with Crippen molar-refractivity contribution in [3.05, 3.63) is 82.4 Å². The molecule has 0 unspecified atom stereocenters. The predicted molar refractivity (Wildman–Crippen MR) is 136 cm³/mol. The number of nitrogens with one attached hydrogen (secondary N) is 1. The molecular weight excluding hydrogens is 465 g/mol. The highest BCUT2D eigenvalue weighted by molar-refractivity contribution is 6.03. The van der Waals surface area contributed by atoms with Crippen molar-refractivity contribution in [2.75, 3.05) is 30.8 Å². The van der Waals surface area contributed by atoms with Gasteiger partial charge in [-0.15, -0.1) is 0 Å². The van der Waals surface area contributed by atoms with E-state index in [1.165, 1.54) is 6.20 Å². The third-order valence-electron chi connectivity index (χ3n) is 6.21. The number of nitrogens with two attached hydrogens (primary N) is 1. The zero-order chi connectivity index (χ0) is 25.4. The van der Waals surface area contributed by atoms with Gasteiger partial charge in [0, 0.05) is 12.7 Å². The second-order valence-electron chi connectivity index (χ2n) is 8.57. The van der Waals surface area contributed by atoms with Crippen molar-refractivity contribution in [1.82, 2.24) is 4.57 Å². The fourth-order valence-electron chi connectivity index (χ4n) is 4.38. The van der Waals surface area contributed by atoms with Crippen molar-refractivity contribution in [3.8, 4) is 22.6 Å². The van der Waals surface area contributed by atoms with E-state index in [1.54, 1.807) is 4.57 Å². The minimum absolute atomic E-state index is 0.00569. The van der Waals surface area contributed by atoms with Gasteiger partial charge in [-0.2, -0.15) is 0 Å². The summed E-state index contributed by atoms with van der Waals surface area (Å²) in [4.78, 5) is 24.4. The summed E-state index contributed by atoms with van der Waals surface area (Å²) in [7, 11) is 0. The molecular formula is C27H24FN3O5. The van der Waals surface area contributed by atoms with Crippen LogP contribution < -0.4 is 26.0 Å². The number of hydrogen-bond donors (Lipinski definition) is 3. The molecule has 1 aromatic heterocycles. The molecule has 1 aliphatic heterocycles. The first-order chi connectivity index (χ1) is 17.4. The lowest BCUT2D eigenvalue weighted by molar-refractivity contribution is 0.0694. The standard InChI is InChI=1S/C27H24FN3O5/c1-15-14-36-26-23(21(28)22(29)20-24(26)31(15)13-19(25(20)32)27(33)34)30-11-12-35-18-9-7-17(8-10-18)16-5-3-2-4-6-16/h2-10,13,15,30H,11-12,14,29H2,1H3,(H,33,34)/t15-/m0/s1. The predicted octanol–water partition coefficient (Wildman–Crippen LogP) is 4.53. The number of pyridine rings is 1. The van der Waals surface area contributed by atoms with Gasteiger partial charge in [0.05, 0.1) is 22.6 Å². The number of aromatic carboxylic acids is 1. The topological polar surface area (TPSA) is 116 Å². The first kappa shape index (κ1) is 23.2. The average molecular weight is 490 g/mol. The molecule has 0 radical (unpaired) electrons. The first-order valence-corrected chi connectivity index (χ1v) is 11.4. The fraction of sp³-hybridized carbons (Fsp3) is 0.185. The van der Waals surface area contributed by atoms with E-state index in [9.17, 15) is 14.7 Å². The molecule has 0 spiro atoms. The molecule has 0 saturated heterocycles. The Balaban J connectivity index is 1.38. The molecule has 0 aliphatic carbocycles. The summed E-state index contributed by atoms with van der Waals surface area (Å²) in [5.41, 5.74) is 6.70. The highest BCUT2D eigenvalue weighted by Gasteiger charge is 2.30. The molecule has 184 valence electrons. The van der Waals surface area contributed by atoms with Crippen molar-refractivity contribution >= 4 is 28.2 Å². The number of benzene rings is 3. The van der Waals surface area contributed by atoms with Gasteiger partial charge in [-0.25, -0.2) is 9.18 Å². The normalized spacial score (nSPS) is 14.3. The third-order valence-corrected chi connectivity index (χ3v) is 6.21. The van der Waals surface area contributed by atoms with Crippen molar-refractivity contribution < 1.29 is 23.8 Å². The number of ether oxygens (including phenoxy) is 2. The lowest BCUT2D eigenvalue weighted by Gasteiger charge is -2.29. The summed E-state index contributed by atoms with van der Waals surface area (Å²) >= 11 is 0. The van der Waals surface area contributed by atoms with Crippen molar-refractivity contribution in [1.29, 1.82) is 0 Å².